The second kappa shape index (κ2) is 15.9. The highest BCUT2D eigenvalue weighted by molar-refractivity contribution is 7.87. The fourth-order valence-electron chi connectivity index (χ4n) is 2.55. The molecule has 0 aliphatic carbocycles. The smallest absolute Gasteiger partial charge is 0.323 e. The first-order valence-corrected chi connectivity index (χ1v) is 11.6. The van der Waals surface area contributed by atoms with Gasteiger partial charge in [-0.15, -0.1) is 0 Å². The van der Waals surface area contributed by atoms with Crippen molar-refractivity contribution in [1.29, 1.82) is 0 Å². The first kappa shape index (κ1) is 25.9. The van der Waals surface area contributed by atoms with Gasteiger partial charge < -0.3 is 14.0 Å². The lowest BCUT2D eigenvalue weighted by molar-refractivity contribution is -0.150. The van der Waals surface area contributed by atoms with E-state index >= 15 is 0 Å². The fraction of sp³-hybridized carbons (Fsp3) is 0.895. The fourth-order valence-corrected chi connectivity index (χ4v) is 3.20. The molecule has 0 fully saturated rings. The van der Waals surface area contributed by atoms with Crippen molar-refractivity contribution >= 4 is 22.1 Å². The average molecular weight is 408 g/mol. The Hall–Kier alpha value is -1.15. The highest BCUT2D eigenvalue weighted by atomic mass is 32.2. The summed E-state index contributed by atoms with van der Waals surface area (Å²) in [4.78, 5) is 23.6. The van der Waals surface area contributed by atoms with Crippen LogP contribution in [-0.2, 0) is 29.2 Å². The molecule has 0 saturated carbocycles. The molecule has 0 aromatic carbocycles. The zero-order valence-electron chi connectivity index (χ0n) is 16.7. The molecule has 0 rings (SSSR count). The number of hydrogen-bond acceptors (Lipinski definition) is 7. The largest absolute Gasteiger partial charge is 0.747 e. The second-order valence-corrected chi connectivity index (χ2v) is 8.31. The summed E-state index contributed by atoms with van der Waals surface area (Å²) in [6.07, 6.45) is 9.89. The van der Waals surface area contributed by atoms with Gasteiger partial charge in [0.15, 0.2) is 5.25 Å². The molecule has 0 aromatic rings. The molecule has 0 aliphatic rings. The minimum absolute atomic E-state index is 0.0451. The van der Waals surface area contributed by atoms with Crippen molar-refractivity contribution in [3.05, 3.63) is 0 Å². The molecular formula is C19H35O7S-. The van der Waals surface area contributed by atoms with Gasteiger partial charge >= 0.3 is 11.9 Å². The Balaban J connectivity index is 4.19. The van der Waals surface area contributed by atoms with Gasteiger partial charge in [0.05, 0.1) is 19.6 Å². The number of esters is 2. The summed E-state index contributed by atoms with van der Waals surface area (Å²) >= 11 is 0. The maximum atomic E-state index is 11.9. The van der Waals surface area contributed by atoms with E-state index in [9.17, 15) is 22.6 Å². The molecule has 8 heteroatoms. The van der Waals surface area contributed by atoms with Gasteiger partial charge in [0.2, 0.25) is 0 Å². The Morgan fingerprint density at radius 3 is 1.70 bits per heavy atom. The highest BCUT2D eigenvalue weighted by Crippen LogP contribution is 2.11. The third kappa shape index (κ3) is 14.6. The third-order valence-electron chi connectivity index (χ3n) is 4.22. The van der Waals surface area contributed by atoms with Gasteiger partial charge in [-0.05, 0) is 12.8 Å². The van der Waals surface area contributed by atoms with E-state index < -0.39 is 33.7 Å². The first-order chi connectivity index (χ1) is 12.8. The summed E-state index contributed by atoms with van der Waals surface area (Å²) < 4.78 is 43.7. The summed E-state index contributed by atoms with van der Waals surface area (Å²) in [5.74, 6) is -2.04. The van der Waals surface area contributed by atoms with Gasteiger partial charge in [0, 0.05) is 0 Å². The van der Waals surface area contributed by atoms with Crippen molar-refractivity contribution in [2.45, 2.75) is 96.1 Å². The van der Waals surface area contributed by atoms with E-state index in [1.807, 2.05) is 0 Å². The van der Waals surface area contributed by atoms with Gasteiger partial charge in [-0.2, -0.15) is 0 Å². The predicted molar refractivity (Wildman–Crippen MR) is 102 cm³/mol. The third-order valence-corrected chi connectivity index (χ3v) is 5.27. The summed E-state index contributed by atoms with van der Waals surface area (Å²) in [6.45, 7) is 4.41. The van der Waals surface area contributed by atoms with Crippen molar-refractivity contribution < 1.29 is 32.0 Å². The van der Waals surface area contributed by atoms with Crippen molar-refractivity contribution in [2.24, 2.45) is 0 Å². The standard InChI is InChI=1S/C19H36O7S/c1-3-5-7-9-11-13-15-26-19(21)17(27(22,23)24)16-18(20)25-14-12-10-8-6-4-2/h17H,3-16H2,1-2H3,(H,22,23,24)/p-1. The van der Waals surface area contributed by atoms with Gasteiger partial charge in [0.25, 0.3) is 0 Å². The van der Waals surface area contributed by atoms with E-state index in [1.165, 1.54) is 0 Å². The van der Waals surface area contributed by atoms with E-state index in [-0.39, 0.29) is 13.2 Å². The highest BCUT2D eigenvalue weighted by Gasteiger charge is 2.30. The zero-order valence-corrected chi connectivity index (χ0v) is 17.6. The molecule has 0 aromatic heterocycles. The molecule has 0 amide bonds. The summed E-state index contributed by atoms with van der Waals surface area (Å²) in [5.41, 5.74) is 0. The number of carbonyl (C=O) groups excluding carboxylic acids is 2. The topological polar surface area (TPSA) is 110 Å². The molecule has 0 heterocycles. The summed E-state index contributed by atoms with van der Waals surface area (Å²) in [5, 5.41) is -2.04. The minimum atomic E-state index is -4.98. The van der Waals surface area contributed by atoms with E-state index in [0.717, 1.165) is 57.8 Å². The molecule has 160 valence electrons. The molecule has 27 heavy (non-hydrogen) atoms. The average Bonchev–Trinajstić information content (AvgIpc) is 2.60. The van der Waals surface area contributed by atoms with Crippen LogP contribution in [0.5, 0.6) is 0 Å². The predicted octanol–water partition coefficient (Wildman–Crippen LogP) is 3.71. The number of rotatable bonds is 17. The van der Waals surface area contributed by atoms with Crippen molar-refractivity contribution in [1.82, 2.24) is 0 Å². The molecule has 1 unspecified atom stereocenters. The first-order valence-electron chi connectivity index (χ1n) is 10.1. The Labute approximate surface area is 163 Å². The van der Waals surface area contributed by atoms with Gasteiger partial charge in [-0.1, -0.05) is 71.6 Å². The van der Waals surface area contributed by atoms with Crippen LogP contribution >= 0.6 is 0 Å². The van der Waals surface area contributed by atoms with Crippen LogP contribution in [0.25, 0.3) is 0 Å². The van der Waals surface area contributed by atoms with Crippen LogP contribution < -0.4 is 0 Å². The van der Waals surface area contributed by atoms with Crippen molar-refractivity contribution in [3.63, 3.8) is 0 Å². The second-order valence-electron chi connectivity index (χ2n) is 6.76. The lowest BCUT2D eigenvalue weighted by atomic mass is 10.1. The Kier molecular flexibility index (Phi) is 15.2. The molecule has 0 aliphatic heterocycles. The van der Waals surface area contributed by atoms with Crippen molar-refractivity contribution in [3.8, 4) is 0 Å². The summed E-state index contributed by atoms with van der Waals surface area (Å²) in [7, 11) is -4.98. The van der Waals surface area contributed by atoms with Crippen molar-refractivity contribution in [2.75, 3.05) is 13.2 Å². The Morgan fingerprint density at radius 2 is 1.22 bits per heavy atom. The Bertz CT molecular complexity index is 502. The number of ether oxygens (including phenoxy) is 2. The van der Waals surface area contributed by atoms with Crippen LogP contribution in [0.2, 0.25) is 0 Å². The van der Waals surface area contributed by atoms with Crippen LogP contribution in [0.3, 0.4) is 0 Å². The molecule has 0 radical (unpaired) electrons. The number of unbranched alkanes of at least 4 members (excludes halogenated alkanes) is 9. The van der Waals surface area contributed by atoms with E-state index in [4.69, 9.17) is 9.47 Å². The minimum Gasteiger partial charge on any atom is -0.747 e. The van der Waals surface area contributed by atoms with E-state index in [2.05, 4.69) is 13.8 Å². The lowest BCUT2D eigenvalue weighted by Crippen LogP contribution is -2.34. The molecule has 7 nitrogen and oxygen atoms in total. The molecule has 0 saturated heterocycles. The Morgan fingerprint density at radius 1 is 0.778 bits per heavy atom. The normalized spacial score (nSPS) is 12.6. The van der Waals surface area contributed by atoms with Crippen LogP contribution in [0.4, 0.5) is 0 Å². The van der Waals surface area contributed by atoms with Crippen LogP contribution in [0.15, 0.2) is 0 Å². The van der Waals surface area contributed by atoms with Gasteiger partial charge in [-0.25, -0.2) is 8.42 Å². The molecular weight excluding hydrogens is 372 g/mol. The van der Waals surface area contributed by atoms with Crippen LogP contribution in [0, 0.1) is 0 Å². The van der Waals surface area contributed by atoms with Gasteiger partial charge in [0.1, 0.15) is 10.1 Å². The van der Waals surface area contributed by atoms with E-state index in [0.29, 0.717) is 12.8 Å². The van der Waals surface area contributed by atoms with Gasteiger partial charge in [-0.3, -0.25) is 9.59 Å². The SMILES string of the molecule is CCCCCCCCOC(=O)C(CC(=O)OCCCCCCC)S(=O)(=O)[O-]. The monoisotopic (exact) mass is 407 g/mol. The lowest BCUT2D eigenvalue weighted by Gasteiger charge is -2.18. The quantitative estimate of drug-likeness (QED) is 0.205. The number of carbonyl (C=O) groups is 2. The number of hydrogen-bond donors (Lipinski definition) is 0. The zero-order chi connectivity index (χ0) is 20.5. The molecule has 0 spiro atoms. The van der Waals surface area contributed by atoms with Crippen LogP contribution in [0.1, 0.15) is 90.9 Å². The maximum absolute atomic E-state index is 11.9. The maximum Gasteiger partial charge on any atom is 0.323 e. The summed E-state index contributed by atoms with van der Waals surface area (Å²) in [6, 6.07) is 0. The molecule has 1 atom stereocenters. The molecule has 0 bridgehead atoms. The molecule has 0 N–H and O–H groups in total. The van der Waals surface area contributed by atoms with Crippen LogP contribution in [-0.4, -0.2) is 43.4 Å². The van der Waals surface area contributed by atoms with E-state index in [1.54, 1.807) is 0 Å².